The minimum absolute atomic E-state index is 0.929. The second kappa shape index (κ2) is 9.38. The molecular weight excluding hydrogens is 192 g/mol. The second-order valence-corrected chi connectivity index (χ2v) is 4.96. The number of hydrogen-bond donors (Lipinski definition) is 1. The fraction of sp³-hybridized carbons (Fsp3) is 0.909. The van der Waals surface area contributed by atoms with Crippen molar-refractivity contribution < 1.29 is 4.58 Å². The summed E-state index contributed by atoms with van der Waals surface area (Å²) in [6.45, 7) is 2.25. The van der Waals surface area contributed by atoms with Crippen LogP contribution in [0.25, 0.3) is 0 Å². The Labute approximate surface area is 93.0 Å². The van der Waals surface area contributed by atoms with Crippen LogP contribution in [0.4, 0.5) is 0 Å². The Morgan fingerprint density at radius 3 is 2.21 bits per heavy atom. The molecule has 0 aromatic carbocycles. The Morgan fingerprint density at radius 1 is 1.07 bits per heavy atom. The number of thioether (sulfide) groups is 1. The molecule has 0 aliphatic rings. The summed E-state index contributed by atoms with van der Waals surface area (Å²) in [6.07, 6.45) is 8.15. The molecule has 2 nitrogen and oxygen atoms in total. The SMILES string of the molecule is CCCCCCCCSC(N)=[N+](C)C. The molecule has 0 aromatic rings. The predicted octanol–water partition coefficient (Wildman–Crippen LogP) is 2.67. The third-order valence-electron chi connectivity index (χ3n) is 2.19. The maximum Gasteiger partial charge on any atom is 0.303 e. The molecule has 0 fully saturated rings. The minimum Gasteiger partial charge on any atom is -0.281 e. The largest absolute Gasteiger partial charge is 0.303 e. The maximum atomic E-state index is 5.78. The highest BCUT2D eigenvalue weighted by Gasteiger charge is 2.00. The highest BCUT2D eigenvalue weighted by molar-refractivity contribution is 8.13. The number of unbranched alkanes of at least 4 members (excludes halogenated alkanes) is 5. The van der Waals surface area contributed by atoms with E-state index < -0.39 is 0 Å². The first-order valence-electron chi connectivity index (χ1n) is 5.61. The van der Waals surface area contributed by atoms with Crippen molar-refractivity contribution in [3.8, 4) is 0 Å². The molecule has 0 bridgehead atoms. The Balaban J connectivity index is 3.18. The molecule has 0 aromatic heterocycles. The van der Waals surface area contributed by atoms with E-state index in [0.717, 1.165) is 10.9 Å². The lowest BCUT2D eigenvalue weighted by atomic mass is 10.1. The van der Waals surface area contributed by atoms with Gasteiger partial charge in [-0.05, 0) is 18.2 Å². The molecule has 0 saturated heterocycles. The summed E-state index contributed by atoms with van der Waals surface area (Å²) in [6, 6.07) is 0. The van der Waals surface area contributed by atoms with Gasteiger partial charge in [0.05, 0.1) is 14.1 Å². The molecule has 0 atom stereocenters. The summed E-state index contributed by atoms with van der Waals surface area (Å²) < 4.78 is 1.97. The third-order valence-corrected chi connectivity index (χ3v) is 3.34. The highest BCUT2D eigenvalue weighted by Crippen LogP contribution is 2.09. The van der Waals surface area contributed by atoms with Crippen molar-refractivity contribution in [3.05, 3.63) is 0 Å². The van der Waals surface area contributed by atoms with E-state index in [-0.39, 0.29) is 0 Å². The molecule has 3 heteroatoms. The van der Waals surface area contributed by atoms with Gasteiger partial charge in [0.2, 0.25) is 0 Å². The summed E-state index contributed by atoms with van der Waals surface area (Å²) in [5, 5.41) is 0.929. The molecule has 0 spiro atoms. The average molecular weight is 217 g/mol. The topological polar surface area (TPSA) is 29.0 Å². The molecule has 84 valence electrons. The van der Waals surface area contributed by atoms with Crippen LogP contribution in [0.15, 0.2) is 0 Å². The van der Waals surface area contributed by atoms with Crippen LogP contribution in [0.5, 0.6) is 0 Å². The molecule has 14 heavy (non-hydrogen) atoms. The normalized spacial score (nSPS) is 10.2. The van der Waals surface area contributed by atoms with Gasteiger partial charge >= 0.3 is 5.17 Å². The van der Waals surface area contributed by atoms with Crippen molar-refractivity contribution in [3.63, 3.8) is 0 Å². The average Bonchev–Trinajstić information content (AvgIpc) is 2.16. The van der Waals surface area contributed by atoms with Gasteiger partial charge in [-0.15, -0.1) is 0 Å². The summed E-state index contributed by atoms with van der Waals surface area (Å²) >= 11 is 1.77. The van der Waals surface area contributed by atoms with Gasteiger partial charge in [0.15, 0.2) is 0 Å². The maximum absolute atomic E-state index is 5.78. The summed E-state index contributed by atoms with van der Waals surface area (Å²) in [7, 11) is 3.98. The van der Waals surface area contributed by atoms with E-state index in [1.54, 1.807) is 11.8 Å². The van der Waals surface area contributed by atoms with Crippen LogP contribution in [0.2, 0.25) is 0 Å². The molecule has 2 N–H and O–H groups in total. The fourth-order valence-electron chi connectivity index (χ4n) is 1.19. The van der Waals surface area contributed by atoms with Crippen LogP contribution in [0.1, 0.15) is 45.4 Å². The highest BCUT2D eigenvalue weighted by atomic mass is 32.2. The molecular formula is C11H25N2S+. The zero-order valence-corrected chi connectivity index (χ0v) is 10.7. The first kappa shape index (κ1) is 13.8. The van der Waals surface area contributed by atoms with Gasteiger partial charge in [0.1, 0.15) is 0 Å². The quantitative estimate of drug-likeness (QED) is 0.307. The summed E-state index contributed by atoms with van der Waals surface area (Å²) in [5.74, 6) is 1.16. The Morgan fingerprint density at radius 2 is 1.64 bits per heavy atom. The van der Waals surface area contributed by atoms with Crippen molar-refractivity contribution >= 4 is 16.9 Å². The van der Waals surface area contributed by atoms with E-state index in [1.165, 1.54) is 38.5 Å². The van der Waals surface area contributed by atoms with E-state index in [0.29, 0.717) is 0 Å². The van der Waals surface area contributed by atoms with Gasteiger partial charge in [-0.1, -0.05) is 39.0 Å². The lowest BCUT2D eigenvalue weighted by Crippen LogP contribution is -2.19. The zero-order chi connectivity index (χ0) is 10.8. The number of nitrogens with zero attached hydrogens (tertiary/aromatic N) is 1. The van der Waals surface area contributed by atoms with E-state index in [4.69, 9.17) is 5.73 Å². The smallest absolute Gasteiger partial charge is 0.281 e. The Kier molecular flexibility index (Phi) is 9.26. The number of rotatable bonds is 7. The van der Waals surface area contributed by atoms with Gasteiger partial charge < -0.3 is 0 Å². The van der Waals surface area contributed by atoms with Gasteiger partial charge in [-0.3, -0.25) is 10.3 Å². The van der Waals surface area contributed by atoms with Crippen molar-refractivity contribution in [2.24, 2.45) is 5.73 Å². The second-order valence-electron chi connectivity index (χ2n) is 3.85. The number of amidine groups is 1. The van der Waals surface area contributed by atoms with Gasteiger partial charge in [-0.2, -0.15) is 0 Å². The van der Waals surface area contributed by atoms with Crippen LogP contribution in [-0.2, 0) is 0 Å². The van der Waals surface area contributed by atoms with E-state index >= 15 is 0 Å². The molecule has 0 amide bonds. The third kappa shape index (κ3) is 8.42. The monoisotopic (exact) mass is 217 g/mol. The van der Waals surface area contributed by atoms with Crippen LogP contribution < -0.4 is 5.73 Å². The number of nitrogens with two attached hydrogens (primary N) is 1. The molecule has 0 heterocycles. The van der Waals surface area contributed by atoms with Gasteiger partial charge in [-0.25, -0.2) is 0 Å². The lowest BCUT2D eigenvalue weighted by Gasteiger charge is -2.00. The summed E-state index contributed by atoms with van der Waals surface area (Å²) in [4.78, 5) is 0. The van der Waals surface area contributed by atoms with Crippen molar-refractivity contribution in [2.45, 2.75) is 45.4 Å². The Hall–Kier alpha value is -0.180. The van der Waals surface area contributed by atoms with Crippen LogP contribution in [0, 0.1) is 0 Å². The first-order valence-corrected chi connectivity index (χ1v) is 6.59. The minimum atomic E-state index is 0.929. The van der Waals surface area contributed by atoms with E-state index in [9.17, 15) is 0 Å². The lowest BCUT2D eigenvalue weighted by molar-refractivity contribution is -0.462. The predicted molar refractivity (Wildman–Crippen MR) is 67.1 cm³/mol. The van der Waals surface area contributed by atoms with Gasteiger partial charge in [0, 0.05) is 5.75 Å². The van der Waals surface area contributed by atoms with Crippen LogP contribution >= 0.6 is 11.8 Å². The van der Waals surface area contributed by atoms with Gasteiger partial charge in [0.25, 0.3) is 0 Å². The van der Waals surface area contributed by atoms with E-state index in [1.807, 2.05) is 18.7 Å². The molecule has 0 aliphatic carbocycles. The molecule has 0 rings (SSSR count). The van der Waals surface area contributed by atoms with Crippen molar-refractivity contribution in [1.29, 1.82) is 0 Å². The number of hydrogen-bond acceptors (Lipinski definition) is 1. The fourth-order valence-corrected chi connectivity index (χ4v) is 2.00. The Bertz CT molecular complexity index is 163. The first-order chi connectivity index (χ1) is 6.68. The molecule has 0 unspecified atom stereocenters. The summed E-state index contributed by atoms with van der Waals surface area (Å²) in [5.41, 5.74) is 5.78. The van der Waals surface area contributed by atoms with Crippen LogP contribution in [0.3, 0.4) is 0 Å². The van der Waals surface area contributed by atoms with E-state index in [2.05, 4.69) is 6.92 Å². The zero-order valence-electron chi connectivity index (χ0n) is 9.88. The molecule has 0 aliphatic heterocycles. The molecule has 0 saturated carbocycles. The van der Waals surface area contributed by atoms with Crippen molar-refractivity contribution in [2.75, 3.05) is 19.8 Å². The van der Waals surface area contributed by atoms with Crippen LogP contribution in [-0.4, -0.2) is 29.6 Å². The molecule has 0 radical (unpaired) electrons. The standard InChI is InChI=1S/C11H24N2S/c1-4-5-6-7-8-9-10-14-11(12)13(2)3/h12H,4-10H2,1-3H3/p+1. The van der Waals surface area contributed by atoms with Crippen molar-refractivity contribution in [1.82, 2.24) is 0 Å².